The van der Waals surface area contributed by atoms with Gasteiger partial charge in [-0.05, 0) is 31.9 Å². The number of hydrogen-bond donors (Lipinski definition) is 2. The van der Waals surface area contributed by atoms with Crippen molar-refractivity contribution in [3.8, 4) is 0 Å². The van der Waals surface area contributed by atoms with E-state index in [9.17, 15) is 9.59 Å². The van der Waals surface area contributed by atoms with Crippen LogP contribution in [-0.4, -0.2) is 41.1 Å². The fourth-order valence-corrected chi connectivity index (χ4v) is 2.09. The highest BCUT2D eigenvalue weighted by atomic mass is 16.4. The van der Waals surface area contributed by atoms with E-state index in [1.165, 1.54) is 6.92 Å². The third kappa shape index (κ3) is 3.01. The van der Waals surface area contributed by atoms with Crippen LogP contribution in [-0.2, 0) is 4.79 Å². The Morgan fingerprint density at radius 2 is 2.11 bits per heavy atom. The highest BCUT2D eigenvalue weighted by molar-refractivity contribution is 6.00. The van der Waals surface area contributed by atoms with Crippen LogP contribution in [0.3, 0.4) is 0 Å². The molecule has 1 saturated heterocycles. The molecule has 6 heteroatoms. The number of nitrogens with zero attached hydrogens (tertiary/aromatic N) is 2. The Kier molecular flexibility index (Phi) is 3.99. The first-order chi connectivity index (χ1) is 9.09. The number of anilines is 1. The largest absolute Gasteiger partial charge is 0.480 e. The monoisotopic (exact) mass is 263 g/mol. The van der Waals surface area contributed by atoms with E-state index in [2.05, 4.69) is 15.2 Å². The molecule has 0 spiro atoms. The van der Waals surface area contributed by atoms with Crippen LogP contribution < -0.4 is 10.2 Å². The van der Waals surface area contributed by atoms with Gasteiger partial charge in [0.05, 0.1) is 5.56 Å². The molecule has 0 bridgehead atoms. The average Bonchev–Trinajstić information content (AvgIpc) is 2.92. The highest BCUT2D eigenvalue weighted by Crippen LogP contribution is 2.21. The average molecular weight is 263 g/mol. The highest BCUT2D eigenvalue weighted by Gasteiger charge is 2.22. The van der Waals surface area contributed by atoms with Gasteiger partial charge in [0.25, 0.3) is 5.91 Å². The van der Waals surface area contributed by atoms with Crippen LogP contribution >= 0.6 is 0 Å². The van der Waals surface area contributed by atoms with Crippen LogP contribution in [0.5, 0.6) is 0 Å². The molecule has 0 aromatic carbocycles. The summed E-state index contributed by atoms with van der Waals surface area (Å²) in [5.41, 5.74) is 0.428. The fraction of sp³-hybridized carbons (Fsp3) is 0.462. The van der Waals surface area contributed by atoms with E-state index in [0.717, 1.165) is 25.9 Å². The zero-order chi connectivity index (χ0) is 13.8. The lowest BCUT2D eigenvalue weighted by atomic mass is 10.2. The van der Waals surface area contributed by atoms with E-state index in [1.54, 1.807) is 18.3 Å². The zero-order valence-electron chi connectivity index (χ0n) is 10.8. The number of aliphatic carboxylic acids is 1. The van der Waals surface area contributed by atoms with Crippen molar-refractivity contribution in [1.82, 2.24) is 10.3 Å². The van der Waals surface area contributed by atoms with Gasteiger partial charge in [-0.2, -0.15) is 0 Å². The second kappa shape index (κ2) is 5.69. The Bertz CT molecular complexity index is 484. The molecule has 1 fully saturated rings. The third-order valence-electron chi connectivity index (χ3n) is 3.15. The lowest BCUT2D eigenvalue weighted by Crippen LogP contribution is -2.39. The smallest absolute Gasteiger partial charge is 0.325 e. The van der Waals surface area contributed by atoms with Crippen molar-refractivity contribution >= 4 is 17.7 Å². The quantitative estimate of drug-likeness (QED) is 0.842. The first-order valence-corrected chi connectivity index (χ1v) is 6.33. The molecule has 2 heterocycles. The van der Waals surface area contributed by atoms with E-state index >= 15 is 0 Å². The summed E-state index contributed by atoms with van der Waals surface area (Å²) in [6, 6.07) is 2.43. The summed E-state index contributed by atoms with van der Waals surface area (Å²) in [6.07, 6.45) is 3.82. The molecule has 2 rings (SSSR count). The summed E-state index contributed by atoms with van der Waals surface area (Å²) in [6.45, 7) is 3.20. The number of pyridine rings is 1. The molecule has 0 aliphatic carbocycles. The maximum atomic E-state index is 12.1. The molecule has 1 aliphatic rings. The van der Waals surface area contributed by atoms with Crippen molar-refractivity contribution in [3.05, 3.63) is 23.9 Å². The lowest BCUT2D eigenvalue weighted by Gasteiger charge is -2.19. The maximum absolute atomic E-state index is 12.1. The Morgan fingerprint density at radius 1 is 1.42 bits per heavy atom. The fourth-order valence-electron chi connectivity index (χ4n) is 2.09. The number of carboxylic acid groups (broad SMARTS) is 1. The molecule has 1 unspecified atom stereocenters. The van der Waals surface area contributed by atoms with Crippen LogP contribution in [0.1, 0.15) is 30.1 Å². The van der Waals surface area contributed by atoms with Gasteiger partial charge in [0.1, 0.15) is 11.9 Å². The van der Waals surface area contributed by atoms with Crippen LogP contribution in [0.15, 0.2) is 18.3 Å². The van der Waals surface area contributed by atoms with Crippen molar-refractivity contribution in [3.63, 3.8) is 0 Å². The standard InChI is InChI=1S/C13H17N3O3/c1-9(13(18)19)15-12(17)10-5-4-6-14-11(10)16-7-2-3-8-16/h4-6,9H,2-3,7-8H2,1H3,(H,15,17)(H,18,19). The molecule has 102 valence electrons. The van der Waals surface area contributed by atoms with Crippen LogP contribution in [0.2, 0.25) is 0 Å². The van der Waals surface area contributed by atoms with Gasteiger partial charge < -0.3 is 15.3 Å². The lowest BCUT2D eigenvalue weighted by molar-refractivity contribution is -0.138. The number of nitrogens with one attached hydrogen (secondary N) is 1. The van der Waals surface area contributed by atoms with Gasteiger partial charge in [-0.25, -0.2) is 4.98 Å². The summed E-state index contributed by atoms with van der Waals surface area (Å²) in [7, 11) is 0. The second-order valence-electron chi connectivity index (χ2n) is 4.60. The number of aromatic nitrogens is 1. The van der Waals surface area contributed by atoms with Crippen molar-refractivity contribution in [2.45, 2.75) is 25.8 Å². The molecule has 0 radical (unpaired) electrons. The minimum absolute atomic E-state index is 0.398. The summed E-state index contributed by atoms with van der Waals surface area (Å²) in [5.74, 6) is -0.819. The van der Waals surface area contributed by atoms with Gasteiger partial charge >= 0.3 is 5.97 Å². The van der Waals surface area contributed by atoms with E-state index in [-0.39, 0.29) is 0 Å². The molecule has 1 aromatic rings. The molecule has 1 aliphatic heterocycles. The molecule has 1 amide bonds. The SMILES string of the molecule is CC(NC(=O)c1cccnc1N1CCCC1)C(=O)O. The summed E-state index contributed by atoms with van der Waals surface area (Å²) >= 11 is 0. The summed E-state index contributed by atoms with van der Waals surface area (Å²) in [5, 5.41) is 11.3. The number of carbonyl (C=O) groups excluding carboxylic acids is 1. The molecular formula is C13H17N3O3. The number of carbonyl (C=O) groups is 2. The normalized spacial score (nSPS) is 16.2. The van der Waals surface area contributed by atoms with E-state index in [1.807, 2.05) is 0 Å². The molecular weight excluding hydrogens is 246 g/mol. The van der Waals surface area contributed by atoms with Crippen LogP contribution in [0.25, 0.3) is 0 Å². The van der Waals surface area contributed by atoms with E-state index in [4.69, 9.17) is 5.11 Å². The molecule has 1 aromatic heterocycles. The first-order valence-electron chi connectivity index (χ1n) is 6.33. The van der Waals surface area contributed by atoms with Gasteiger partial charge in [-0.15, -0.1) is 0 Å². The Labute approximate surface area is 111 Å². The Balaban J connectivity index is 2.19. The summed E-state index contributed by atoms with van der Waals surface area (Å²) in [4.78, 5) is 29.2. The van der Waals surface area contributed by atoms with Crippen LogP contribution in [0.4, 0.5) is 5.82 Å². The van der Waals surface area contributed by atoms with Gasteiger partial charge in [-0.1, -0.05) is 0 Å². The second-order valence-corrected chi connectivity index (χ2v) is 4.60. The topological polar surface area (TPSA) is 82.5 Å². The number of amides is 1. The van der Waals surface area contributed by atoms with E-state index < -0.39 is 17.9 Å². The van der Waals surface area contributed by atoms with Crippen molar-refractivity contribution in [2.75, 3.05) is 18.0 Å². The van der Waals surface area contributed by atoms with Crippen molar-refractivity contribution < 1.29 is 14.7 Å². The predicted octanol–water partition coefficient (Wildman–Crippen LogP) is 0.885. The zero-order valence-corrected chi connectivity index (χ0v) is 10.8. The number of hydrogen-bond acceptors (Lipinski definition) is 4. The Morgan fingerprint density at radius 3 is 2.74 bits per heavy atom. The third-order valence-corrected chi connectivity index (χ3v) is 3.15. The van der Waals surface area contributed by atoms with Crippen molar-refractivity contribution in [1.29, 1.82) is 0 Å². The minimum Gasteiger partial charge on any atom is -0.480 e. The molecule has 2 N–H and O–H groups in total. The number of rotatable bonds is 4. The molecule has 0 saturated carbocycles. The summed E-state index contributed by atoms with van der Waals surface area (Å²) < 4.78 is 0. The molecule has 19 heavy (non-hydrogen) atoms. The first kappa shape index (κ1) is 13.3. The van der Waals surface area contributed by atoms with Crippen LogP contribution in [0, 0.1) is 0 Å². The van der Waals surface area contributed by atoms with Crippen molar-refractivity contribution in [2.24, 2.45) is 0 Å². The van der Waals surface area contributed by atoms with Gasteiger partial charge in [-0.3, -0.25) is 9.59 Å². The Hall–Kier alpha value is -2.11. The van der Waals surface area contributed by atoms with Gasteiger partial charge in [0, 0.05) is 19.3 Å². The van der Waals surface area contributed by atoms with Gasteiger partial charge in [0.2, 0.25) is 0 Å². The maximum Gasteiger partial charge on any atom is 0.325 e. The molecule has 6 nitrogen and oxygen atoms in total. The number of carboxylic acids is 1. The predicted molar refractivity (Wildman–Crippen MR) is 70.2 cm³/mol. The van der Waals surface area contributed by atoms with E-state index in [0.29, 0.717) is 11.4 Å². The molecule has 1 atom stereocenters. The minimum atomic E-state index is -1.06. The van der Waals surface area contributed by atoms with Gasteiger partial charge in [0.15, 0.2) is 0 Å².